The highest BCUT2D eigenvalue weighted by Crippen LogP contribution is 2.49. The van der Waals surface area contributed by atoms with Crippen molar-refractivity contribution >= 4 is 0 Å². The quantitative estimate of drug-likeness (QED) is 0.749. The molecule has 0 spiro atoms. The second-order valence-electron chi connectivity index (χ2n) is 8.08. The molecule has 8 heteroatoms. The molecule has 150 valence electrons. The van der Waals surface area contributed by atoms with Crippen molar-refractivity contribution in [3.63, 3.8) is 0 Å². The van der Waals surface area contributed by atoms with Gasteiger partial charge in [0.2, 0.25) is 0 Å². The highest BCUT2D eigenvalue weighted by atomic mass is 19.1. The molecule has 2 fully saturated rings. The van der Waals surface area contributed by atoms with E-state index in [1.807, 2.05) is 0 Å². The SMILES string of the molecule is NC1CC(N2Cc3c(c(O)n(C4CC4)c3O)C2)COC1c1cc(F)ccc1F. The number of ether oxygens (including phenoxy) is 1. The van der Waals surface area contributed by atoms with Crippen molar-refractivity contribution in [3.05, 3.63) is 46.5 Å². The maximum absolute atomic E-state index is 14.1. The van der Waals surface area contributed by atoms with Gasteiger partial charge < -0.3 is 20.7 Å². The van der Waals surface area contributed by atoms with Gasteiger partial charge in [-0.2, -0.15) is 0 Å². The van der Waals surface area contributed by atoms with Crippen LogP contribution >= 0.6 is 0 Å². The Bertz CT molecular complexity index is 898. The molecule has 0 radical (unpaired) electrons. The van der Waals surface area contributed by atoms with Crippen LogP contribution in [0.1, 0.15) is 48.1 Å². The molecule has 3 heterocycles. The molecule has 4 N–H and O–H groups in total. The molecule has 3 atom stereocenters. The minimum Gasteiger partial charge on any atom is -0.494 e. The molecule has 2 aromatic rings. The van der Waals surface area contributed by atoms with E-state index in [4.69, 9.17) is 10.5 Å². The predicted octanol–water partition coefficient (Wildman–Crippen LogP) is 2.69. The summed E-state index contributed by atoms with van der Waals surface area (Å²) in [6.45, 7) is 1.34. The molecule has 5 rings (SSSR count). The van der Waals surface area contributed by atoms with Gasteiger partial charge in [-0.05, 0) is 37.5 Å². The first kappa shape index (κ1) is 17.9. The summed E-state index contributed by atoms with van der Waals surface area (Å²) >= 11 is 0. The zero-order valence-electron chi connectivity index (χ0n) is 15.3. The predicted molar refractivity (Wildman–Crippen MR) is 96.7 cm³/mol. The van der Waals surface area contributed by atoms with Crippen LogP contribution < -0.4 is 5.73 Å². The topological polar surface area (TPSA) is 83.9 Å². The summed E-state index contributed by atoms with van der Waals surface area (Å²) in [4.78, 5) is 2.11. The number of halogens is 2. The van der Waals surface area contributed by atoms with Crippen molar-refractivity contribution in [3.8, 4) is 11.8 Å². The van der Waals surface area contributed by atoms with E-state index >= 15 is 0 Å². The Labute approximate surface area is 161 Å². The van der Waals surface area contributed by atoms with Gasteiger partial charge in [0.25, 0.3) is 0 Å². The van der Waals surface area contributed by atoms with Crippen LogP contribution in [0.25, 0.3) is 0 Å². The molecule has 0 amide bonds. The van der Waals surface area contributed by atoms with Crippen LogP contribution in [-0.4, -0.2) is 38.4 Å². The Morgan fingerprint density at radius 2 is 1.71 bits per heavy atom. The Balaban J connectivity index is 1.30. The van der Waals surface area contributed by atoms with Crippen molar-refractivity contribution in [2.45, 2.75) is 56.6 Å². The Morgan fingerprint density at radius 3 is 2.32 bits per heavy atom. The monoisotopic (exact) mass is 391 g/mol. The van der Waals surface area contributed by atoms with E-state index < -0.39 is 23.8 Å². The fourth-order valence-corrected chi connectivity index (χ4v) is 4.54. The number of nitrogens with two attached hydrogens (primary N) is 1. The lowest BCUT2D eigenvalue weighted by molar-refractivity contribution is -0.0533. The number of rotatable bonds is 3. The second kappa shape index (κ2) is 6.43. The van der Waals surface area contributed by atoms with Crippen molar-refractivity contribution in [2.75, 3.05) is 6.61 Å². The highest BCUT2D eigenvalue weighted by Gasteiger charge is 2.41. The average molecular weight is 391 g/mol. The minimum atomic E-state index is -0.695. The van der Waals surface area contributed by atoms with Gasteiger partial charge in [0, 0.05) is 47.9 Å². The van der Waals surface area contributed by atoms with E-state index in [1.54, 1.807) is 4.57 Å². The van der Waals surface area contributed by atoms with Crippen LogP contribution in [-0.2, 0) is 17.8 Å². The fourth-order valence-electron chi connectivity index (χ4n) is 4.54. The number of hydrogen-bond acceptors (Lipinski definition) is 5. The Kier molecular flexibility index (Phi) is 4.12. The average Bonchev–Trinajstić information content (AvgIpc) is 3.34. The first-order valence-corrected chi connectivity index (χ1v) is 9.64. The zero-order chi connectivity index (χ0) is 19.6. The van der Waals surface area contributed by atoms with Gasteiger partial charge in [-0.1, -0.05) is 0 Å². The standard InChI is InChI=1S/C20H23F2N3O3/c21-10-1-4-16(22)13(5-10)18-17(23)6-12(9-28-18)24-7-14-15(8-24)20(27)25(19(14)26)11-2-3-11/h1,4-5,11-12,17-18,26-27H,2-3,6-9,23H2. The summed E-state index contributed by atoms with van der Waals surface area (Å²) in [5.41, 5.74) is 7.92. The lowest BCUT2D eigenvalue weighted by Gasteiger charge is -2.38. The molecule has 0 bridgehead atoms. The molecular weight excluding hydrogens is 368 g/mol. The van der Waals surface area contributed by atoms with E-state index in [-0.39, 0.29) is 29.4 Å². The van der Waals surface area contributed by atoms with Gasteiger partial charge in [0.15, 0.2) is 11.8 Å². The maximum atomic E-state index is 14.1. The van der Waals surface area contributed by atoms with Crippen molar-refractivity contribution in [1.82, 2.24) is 9.47 Å². The zero-order valence-corrected chi connectivity index (χ0v) is 15.3. The van der Waals surface area contributed by atoms with Gasteiger partial charge in [-0.3, -0.25) is 9.47 Å². The van der Waals surface area contributed by atoms with Crippen LogP contribution in [0.5, 0.6) is 11.8 Å². The summed E-state index contributed by atoms with van der Waals surface area (Å²) in [7, 11) is 0. The van der Waals surface area contributed by atoms with E-state index in [0.29, 0.717) is 26.1 Å². The van der Waals surface area contributed by atoms with Crippen molar-refractivity contribution in [2.24, 2.45) is 5.73 Å². The summed E-state index contributed by atoms with van der Waals surface area (Å²) < 4.78 is 35.1. The molecule has 1 aromatic heterocycles. The summed E-state index contributed by atoms with van der Waals surface area (Å²) in [6, 6.07) is 2.99. The number of nitrogens with zero attached hydrogens (tertiary/aromatic N) is 2. The molecule has 1 saturated heterocycles. The Hall–Kier alpha value is -2.16. The van der Waals surface area contributed by atoms with Crippen LogP contribution in [0.15, 0.2) is 18.2 Å². The summed E-state index contributed by atoms with van der Waals surface area (Å²) in [6.07, 6.45) is 1.80. The third-order valence-corrected chi connectivity index (χ3v) is 6.18. The summed E-state index contributed by atoms with van der Waals surface area (Å²) in [5.74, 6) is -0.746. The third kappa shape index (κ3) is 2.78. The molecule has 28 heavy (non-hydrogen) atoms. The third-order valence-electron chi connectivity index (χ3n) is 6.18. The van der Waals surface area contributed by atoms with Crippen LogP contribution in [0.4, 0.5) is 8.78 Å². The first-order valence-electron chi connectivity index (χ1n) is 9.64. The van der Waals surface area contributed by atoms with Crippen molar-refractivity contribution < 1.29 is 23.7 Å². The van der Waals surface area contributed by atoms with Crippen molar-refractivity contribution in [1.29, 1.82) is 0 Å². The molecule has 3 unspecified atom stereocenters. The number of aromatic nitrogens is 1. The number of fused-ring (bicyclic) bond motifs is 1. The molecule has 1 aromatic carbocycles. The van der Waals surface area contributed by atoms with E-state index in [0.717, 1.165) is 42.2 Å². The Morgan fingerprint density at radius 1 is 1.04 bits per heavy atom. The lowest BCUT2D eigenvalue weighted by Crippen LogP contribution is -2.47. The van der Waals surface area contributed by atoms with E-state index in [9.17, 15) is 19.0 Å². The normalized spacial score (nSPS) is 27.9. The van der Waals surface area contributed by atoms with Gasteiger partial charge in [0.05, 0.1) is 6.61 Å². The number of benzene rings is 1. The van der Waals surface area contributed by atoms with Gasteiger partial charge >= 0.3 is 0 Å². The second-order valence-corrected chi connectivity index (χ2v) is 8.08. The highest BCUT2D eigenvalue weighted by molar-refractivity contribution is 5.48. The first-order chi connectivity index (χ1) is 13.4. The van der Waals surface area contributed by atoms with Gasteiger partial charge in [0.1, 0.15) is 17.7 Å². The number of aromatic hydroxyl groups is 2. The van der Waals surface area contributed by atoms with Crippen LogP contribution in [0.3, 0.4) is 0 Å². The largest absolute Gasteiger partial charge is 0.494 e. The molecular formula is C20H23F2N3O3. The van der Waals surface area contributed by atoms with Gasteiger partial charge in [-0.25, -0.2) is 8.78 Å². The maximum Gasteiger partial charge on any atom is 0.199 e. The lowest BCUT2D eigenvalue weighted by atomic mass is 9.93. The summed E-state index contributed by atoms with van der Waals surface area (Å²) in [5, 5.41) is 21.0. The van der Waals surface area contributed by atoms with Crippen LogP contribution in [0.2, 0.25) is 0 Å². The smallest absolute Gasteiger partial charge is 0.199 e. The molecule has 3 aliphatic rings. The molecule has 1 saturated carbocycles. The van der Waals surface area contributed by atoms with E-state index in [1.165, 1.54) is 0 Å². The molecule has 1 aliphatic carbocycles. The van der Waals surface area contributed by atoms with Gasteiger partial charge in [-0.15, -0.1) is 0 Å². The van der Waals surface area contributed by atoms with Crippen LogP contribution in [0, 0.1) is 11.6 Å². The fraction of sp³-hybridized carbons (Fsp3) is 0.500. The molecule has 6 nitrogen and oxygen atoms in total. The number of hydrogen-bond donors (Lipinski definition) is 3. The molecule has 2 aliphatic heterocycles. The minimum absolute atomic E-state index is 0.0246. The van der Waals surface area contributed by atoms with E-state index in [2.05, 4.69) is 4.90 Å².